The highest BCUT2D eigenvalue weighted by Gasteiger charge is 2.17. The minimum Gasteiger partial charge on any atom is -0.381 e. The smallest absolute Gasteiger partial charge is 0.223 e. The van der Waals surface area contributed by atoms with Gasteiger partial charge in [0.15, 0.2) is 0 Å². The molecule has 0 bridgehead atoms. The maximum atomic E-state index is 5.75. The first kappa shape index (κ1) is 13.9. The Kier molecular flexibility index (Phi) is 4.79. The number of aromatic nitrogens is 2. The van der Waals surface area contributed by atoms with Gasteiger partial charge in [0.1, 0.15) is 11.6 Å². The van der Waals surface area contributed by atoms with Gasteiger partial charge in [0.25, 0.3) is 0 Å². The first-order valence-electron chi connectivity index (χ1n) is 6.86. The number of hydrogen-bond donors (Lipinski definition) is 2. The van der Waals surface area contributed by atoms with E-state index in [0.717, 1.165) is 50.8 Å². The Morgan fingerprint density at radius 2 is 2.16 bits per heavy atom. The molecule has 1 aliphatic rings. The molecular formula is C13H23N5O. The fourth-order valence-corrected chi connectivity index (χ4v) is 2.33. The van der Waals surface area contributed by atoms with E-state index < -0.39 is 0 Å². The van der Waals surface area contributed by atoms with E-state index in [2.05, 4.69) is 20.2 Å². The molecule has 3 N–H and O–H groups in total. The topological polar surface area (TPSA) is 76.3 Å². The average Bonchev–Trinajstić information content (AvgIpc) is 2.39. The van der Waals surface area contributed by atoms with Crippen LogP contribution in [0.15, 0.2) is 6.07 Å². The number of rotatable bonds is 5. The van der Waals surface area contributed by atoms with Crippen LogP contribution < -0.4 is 16.0 Å². The van der Waals surface area contributed by atoms with Crippen molar-refractivity contribution in [3.8, 4) is 0 Å². The van der Waals surface area contributed by atoms with Crippen molar-refractivity contribution in [2.24, 2.45) is 5.92 Å². The summed E-state index contributed by atoms with van der Waals surface area (Å²) in [5.74, 6) is 2.63. The molecule has 1 saturated heterocycles. The lowest BCUT2D eigenvalue weighted by molar-refractivity contribution is 0.0685. The first-order valence-corrected chi connectivity index (χ1v) is 6.86. The van der Waals surface area contributed by atoms with Gasteiger partial charge in [-0.25, -0.2) is 0 Å². The minimum absolute atomic E-state index is 0.312. The van der Waals surface area contributed by atoms with E-state index in [4.69, 9.17) is 10.5 Å². The molecule has 6 nitrogen and oxygen atoms in total. The number of nitrogens with one attached hydrogen (secondary N) is 1. The maximum Gasteiger partial charge on any atom is 0.223 e. The Bertz CT molecular complexity index is 406. The third-order valence-corrected chi connectivity index (χ3v) is 3.35. The predicted octanol–water partition coefficient (Wildman–Crippen LogP) is 1.35. The largest absolute Gasteiger partial charge is 0.381 e. The second kappa shape index (κ2) is 6.56. The number of nitrogens with zero attached hydrogens (tertiary/aromatic N) is 3. The summed E-state index contributed by atoms with van der Waals surface area (Å²) in [5, 5.41) is 3.17. The van der Waals surface area contributed by atoms with Crippen LogP contribution in [0.1, 0.15) is 19.8 Å². The SMILES string of the molecule is CCNc1cc(N(C)CC2CCOCC2)nc(N)n1. The number of nitrogen functional groups attached to an aromatic ring is 1. The monoisotopic (exact) mass is 265 g/mol. The fraction of sp³-hybridized carbons (Fsp3) is 0.692. The van der Waals surface area contributed by atoms with E-state index >= 15 is 0 Å². The number of ether oxygens (including phenoxy) is 1. The van der Waals surface area contributed by atoms with E-state index in [-0.39, 0.29) is 0 Å². The Balaban J connectivity index is 2.02. The van der Waals surface area contributed by atoms with Crippen molar-refractivity contribution in [2.75, 3.05) is 49.3 Å². The van der Waals surface area contributed by atoms with Crippen LogP contribution in [-0.4, -0.2) is 43.3 Å². The third kappa shape index (κ3) is 3.96. The summed E-state index contributed by atoms with van der Waals surface area (Å²) in [6, 6.07) is 1.94. The normalized spacial score (nSPS) is 16.3. The molecule has 1 fully saturated rings. The van der Waals surface area contributed by atoms with E-state index in [1.807, 2.05) is 20.0 Å². The molecule has 1 aromatic rings. The number of anilines is 3. The van der Waals surface area contributed by atoms with Crippen LogP contribution in [0.25, 0.3) is 0 Å². The van der Waals surface area contributed by atoms with Crippen molar-refractivity contribution in [1.29, 1.82) is 0 Å². The van der Waals surface area contributed by atoms with Crippen molar-refractivity contribution in [1.82, 2.24) is 9.97 Å². The zero-order valence-electron chi connectivity index (χ0n) is 11.7. The van der Waals surface area contributed by atoms with Gasteiger partial charge >= 0.3 is 0 Å². The Morgan fingerprint density at radius 1 is 1.42 bits per heavy atom. The highest BCUT2D eigenvalue weighted by atomic mass is 16.5. The van der Waals surface area contributed by atoms with Gasteiger partial charge < -0.3 is 20.7 Å². The van der Waals surface area contributed by atoms with Crippen LogP contribution in [0.2, 0.25) is 0 Å². The number of nitrogens with two attached hydrogens (primary N) is 1. The van der Waals surface area contributed by atoms with Crippen LogP contribution in [0.3, 0.4) is 0 Å². The summed E-state index contributed by atoms with van der Waals surface area (Å²) in [4.78, 5) is 10.6. The molecule has 0 amide bonds. The van der Waals surface area contributed by atoms with Gasteiger partial charge in [-0.1, -0.05) is 0 Å². The van der Waals surface area contributed by atoms with Crippen LogP contribution in [0, 0.1) is 5.92 Å². The Morgan fingerprint density at radius 3 is 2.84 bits per heavy atom. The second-order valence-electron chi connectivity index (χ2n) is 4.94. The zero-order valence-corrected chi connectivity index (χ0v) is 11.7. The van der Waals surface area contributed by atoms with E-state index in [1.54, 1.807) is 0 Å². The molecular weight excluding hydrogens is 242 g/mol. The molecule has 0 unspecified atom stereocenters. The summed E-state index contributed by atoms with van der Waals surface area (Å²) >= 11 is 0. The van der Waals surface area contributed by atoms with Gasteiger partial charge in [0.2, 0.25) is 5.95 Å². The van der Waals surface area contributed by atoms with E-state index in [9.17, 15) is 0 Å². The van der Waals surface area contributed by atoms with Gasteiger partial charge in [-0.15, -0.1) is 0 Å². The maximum absolute atomic E-state index is 5.75. The summed E-state index contributed by atoms with van der Waals surface area (Å²) < 4.78 is 5.38. The standard InChI is InChI=1S/C13H23N5O/c1-3-15-11-8-12(17-13(14)16-11)18(2)9-10-4-6-19-7-5-10/h8,10H,3-7,9H2,1-2H3,(H3,14,15,16,17). The van der Waals surface area contributed by atoms with Gasteiger partial charge in [-0.3, -0.25) is 0 Å². The first-order chi connectivity index (χ1) is 9.19. The molecule has 0 radical (unpaired) electrons. The molecule has 106 valence electrons. The van der Waals surface area contributed by atoms with Crippen molar-refractivity contribution in [3.05, 3.63) is 6.07 Å². The molecule has 1 aromatic heterocycles. The van der Waals surface area contributed by atoms with Gasteiger partial charge in [-0.2, -0.15) is 9.97 Å². The van der Waals surface area contributed by atoms with Gasteiger partial charge in [0, 0.05) is 39.4 Å². The zero-order chi connectivity index (χ0) is 13.7. The van der Waals surface area contributed by atoms with Crippen molar-refractivity contribution in [2.45, 2.75) is 19.8 Å². The molecule has 19 heavy (non-hydrogen) atoms. The lowest BCUT2D eigenvalue weighted by atomic mass is 10.00. The summed E-state index contributed by atoms with van der Waals surface area (Å²) in [5.41, 5.74) is 5.75. The van der Waals surface area contributed by atoms with Crippen LogP contribution in [-0.2, 0) is 4.74 Å². The molecule has 6 heteroatoms. The summed E-state index contributed by atoms with van der Waals surface area (Å²) in [6.45, 7) is 5.56. The molecule has 0 atom stereocenters. The Hall–Kier alpha value is -1.56. The minimum atomic E-state index is 0.312. The second-order valence-corrected chi connectivity index (χ2v) is 4.94. The predicted molar refractivity (Wildman–Crippen MR) is 77.4 cm³/mol. The van der Waals surface area contributed by atoms with E-state index in [1.165, 1.54) is 0 Å². The molecule has 2 heterocycles. The Labute approximate surface area is 114 Å². The quantitative estimate of drug-likeness (QED) is 0.837. The highest BCUT2D eigenvalue weighted by Crippen LogP contribution is 2.20. The van der Waals surface area contributed by atoms with Gasteiger partial charge in [-0.05, 0) is 25.7 Å². The molecule has 1 aliphatic heterocycles. The van der Waals surface area contributed by atoms with Crippen LogP contribution in [0.5, 0.6) is 0 Å². The van der Waals surface area contributed by atoms with Crippen molar-refractivity contribution < 1.29 is 4.74 Å². The average molecular weight is 265 g/mol. The van der Waals surface area contributed by atoms with Gasteiger partial charge in [0.05, 0.1) is 0 Å². The highest BCUT2D eigenvalue weighted by molar-refractivity contribution is 5.52. The molecule has 0 aliphatic carbocycles. The molecule has 2 rings (SSSR count). The molecule has 0 aromatic carbocycles. The van der Waals surface area contributed by atoms with E-state index in [0.29, 0.717) is 11.9 Å². The third-order valence-electron chi connectivity index (χ3n) is 3.35. The van der Waals surface area contributed by atoms with Crippen LogP contribution in [0.4, 0.5) is 17.6 Å². The summed E-state index contributed by atoms with van der Waals surface area (Å²) in [6.07, 6.45) is 2.23. The molecule has 0 spiro atoms. The number of hydrogen-bond acceptors (Lipinski definition) is 6. The van der Waals surface area contributed by atoms with Crippen molar-refractivity contribution >= 4 is 17.6 Å². The molecule has 0 saturated carbocycles. The fourth-order valence-electron chi connectivity index (χ4n) is 2.33. The lowest BCUT2D eigenvalue weighted by Crippen LogP contribution is -2.30. The lowest BCUT2D eigenvalue weighted by Gasteiger charge is -2.28. The van der Waals surface area contributed by atoms with Crippen LogP contribution >= 0.6 is 0 Å². The summed E-state index contributed by atoms with van der Waals surface area (Å²) in [7, 11) is 2.05. The van der Waals surface area contributed by atoms with Crippen molar-refractivity contribution in [3.63, 3.8) is 0 Å².